The van der Waals surface area contributed by atoms with Crippen LogP contribution in [-0.2, 0) is 14.3 Å². The first-order valence-electron chi connectivity index (χ1n) is 9.99. The molecule has 0 saturated heterocycles. The van der Waals surface area contributed by atoms with Crippen LogP contribution in [0.15, 0.2) is 107 Å². The van der Waals surface area contributed by atoms with E-state index in [1.165, 1.54) is 6.08 Å². The summed E-state index contributed by atoms with van der Waals surface area (Å²) in [6.45, 7) is -0.374. The highest BCUT2D eigenvalue weighted by Crippen LogP contribution is 2.33. The number of carbonyl (C=O) groups excluding carboxylic acids is 2. The molecule has 6 heteroatoms. The molecule has 0 saturated carbocycles. The number of amides is 1. The normalized spacial score (nSPS) is 10.9. The Morgan fingerprint density at radius 1 is 0.906 bits per heavy atom. The Balaban J connectivity index is 1.34. The van der Waals surface area contributed by atoms with Crippen LogP contribution in [0.4, 0.5) is 5.69 Å². The molecule has 4 rings (SSSR count). The third-order valence-corrected chi connectivity index (χ3v) is 5.62. The van der Waals surface area contributed by atoms with Gasteiger partial charge < -0.3 is 10.1 Å². The van der Waals surface area contributed by atoms with Gasteiger partial charge in [0.05, 0.1) is 11.2 Å². The fourth-order valence-electron chi connectivity index (χ4n) is 3.07. The standard InChI is InChI=1S/C26H20N2O3S/c29-24(28-22-13-4-5-14-23(22)32-21-11-2-1-3-12-21)18-31-25(30)16-15-20-9-6-8-19-10-7-17-27-26(19)20/h1-17H,18H2,(H,28,29)/b16-15+. The number of fused-ring (bicyclic) bond motifs is 1. The van der Waals surface area contributed by atoms with Crippen molar-refractivity contribution in [1.29, 1.82) is 0 Å². The first kappa shape index (κ1) is 21.3. The molecule has 1 aromatic heterocycles. The minimum atomic E-state index is -0.597. The maximum absolute atomic E-state index is 12.3. The van der Waals surface area contributed by atoms with Crippen molar-refractivity contribution in [3.63, 3.8) is 0 Å². The number of nitrogens with zero attached hydrogens (tertiary/aromatic N) is 1. The minimum Gasteiger partial charge on any atom is -0.452 e. The summed E-state index contributed by atoms with van der Waals surface area (Å²) >= 11 is 1.55. The highest BCUT2D eigenvalue weighted by atomic mass is 32.2. The fraction of sp³-hybridized carbons (Fsp3) is 0.0385. The molecular formula is C26H20N2O3S. The van der Waals surface area contributed by atoms with Gasteiger partial charge in [0.1, 0.15) is 0 Å². The molecule has 32 heavy (non-hydrogen) atoms. The predicted octanol–water partition coefficient (Wildman–Crippen LogP) is 5.58. The molecule has 158 valence electrons. The van der Waals surface area contributed by atoms with Gasteiger partial charge in [-0.05, 0) is 36.4 Å². The van der Waals surface area contributed by atoms with Crippen LogP contribution in [0, 0.1) is 0 Å². The Labute approximate surface area is 190 Å². The third-order valence-electron chi connectivity index (χ3n) is 4.54. The molecule has 0 bridgehead atoms. The van der Waals surface area contributed by atoms with Crippen LogP contribution in [0.2, 0.25) is 0 Å². The number of nitrogens with one attached hydrogen (secondary N) is 1. The summed E-state index contributed by atoms with van der Waals surface area (Å²) < 4.78 is 5.10. The Hall–Kier alpha value is -3.90. The van der Waals surface area contributed by atoms with Gasteiger partial charge in [-0.15, -0.1) is 0 Å². The van der Waals surface area contributed by atoms with Gasteiger partial charge in [-0.3, -0.25) is 9.78 Å². The van der Waals surface area contributed by atoms with E-state index >= 15 is 0 Å². The second kappa shape index (κ2) is 10.4. The zero-order chi connectivity index (χ0) is 22.2. The maximum Gasteiger partial charge on any atom is 0.331 e. The average molecular weight is 441 g/mol. The summed E-state index contributed by atoms with van der Waals surface area (Å²) in [7, 11) is 0. The number of anilines is 1. The predicted molar refractivity (Wildman–Crippen MR) is 127 cm³/mol. The molecule has 5 nitrogen and oxygen atoms in total. The van der Waals surface area contributed by atoms with E-state index in [1.54, 1.807) is 24.0 Å². The van der Waals surface area contributed by atoms with Crippen LogP contribution >= 0.6 is 11.8 Å². The van der Waals surface area contributed by atoms with Gasteiger partial charge in [-0.1, -0.05) is 66.4 Å². The number of hydrogen-bond acceptors (Lipinski definition) is 5. The van der Waals surface area contributed by atoms with Crippen molar-refractivity contribution in [1.82, 2.24) is 4.98 Å². The lowest BCUT2D eigenvalue weighted by Gasteiger charge is -2.10. The molecule has 1 N–H and O–H groups in total. The molecule has 0 aliphatic carbocycles. The lowest BCUT2D eigenvalue weighted by atomic mass is 10.1. The summed E-state index contributed by atoms with van der Waals surface area (Å²) in [4.78, 5) is 30.8. The molecule has 0 atom stereocenters. The molecule has 0 fully saturated rings. The van der Waals surface area contributed by atoms with Crippen molar-refractivity contribution in [2.45, 2.75) is 9.79 Å². The smallest absolute Gasteiger partial charge is 0.331 e. The number of hydrogen-bond donors (Lipinski definition) is 1. The number of pyridine rings is 1. The molecule has 0 unspecified atom stereocenters. The van der Waals surface area contributed by atoms with Crippen molar-refractivity contribution in [2.24, 2.45) is 0 Å². The molecule has 0 aliphatic heterocycles. The van der Waals surface area contributed by atoms with E-state index in [9.17, 15) is 9.59 Å². The van der Waals surface area contributed by atoms with Crippen LogP contribution < -0.4 is 5.32 Å². The topological polar surface area (TPSA) is 68.3 Å². The molecular weight excluding hydrogens is 420 g/mol. The van der Waals surface area contributed by atoms with E-state index in [-0.39, 0.29) is 6.61 Å². The second-order valence-electron chi connectivity index (χ2n) is 6.82. The highest BCUT2D eigenvalue weighted by molar-refractivity contribution is 7.99. The van der Waals surface area contributed by atoms with Crippen LogP contribution in [0.3, 0.4) is 0 Å². The van der Waals surface area contributed by atoms with Gasteiger partial charge in [0.2, 0.25) is 0 Å². The lowest BCUT2D eigenvalue weighted by Crippen LogP contribution is -2.20. The number of rotatable bonds is 7. The zero-order valence-corrected chi connectivity index (χ0v) is 17.9. The largest absolute Gasteiger partial charge is 0.452 e. The van der Waals surface area contributed by atoms with Gasteiger partial charge >= 0.3 is 5.97 Å². The molecule has 1 amide bonds. The molecule has 4 aromatic rings. The van der Waals surface area contributed by atoms with Gasteiger partial charge in [0.25, 0.3) is 5.91 Å². The number of esters is 1. The summed E-state index contributed by atoms with van der Waals surface area (Å²) in [6, 6.07) is 26.9. The molecule has 1 heterocycles. The SMILES string of the molecule is O=C(COC(=O)/C=C/c1cccc2cccnc12)Nc1ccccc1Sc1ccccc1. The first-order valence-corrected chi connectivity index (χ1v) is 10.8. The summed E-state index contributed by atoms with van der Waals surface area (Å²) in [6.07, 6.45) is 4.65. The number of para-hydroxylation sites is 2. The van der Waals surface area contributed by atoms with Crippen molar-refractivity contribution < 1.29 is 14.3 Å². The van der Waals surface area contributed by atoms with Gasteiger partial charge in [-0.2, -0.15) is 0 Å². The van der Waals surface area contributed by atoms with E-state index in [2.05, 4.69) is 10.3 Å². The van der Waals surface area contributed by atoms with Crippen molar-refractivity contribution in [3.05, 3.63) is 103 Å². The average Bonchev–Trinajstić information content (AvgIpc) is 2.83. The maximum atomic E-state index is 12.3. The Morgan fingerprint density at radius 3 is 2.56 bits per heavy atom. The Bertz CT molecular complexity index is 1270. The van der Waals surface area contributed by atoms with Crippen LogP contribution in [0.5, 0.6) is 0 Å². The third kappa shape index (κ3) is 5.62. The summed E-state index contributed by atoms with van der Waals surface area (Å²) in [5.41, 5.74) is 2.26. The lowest BCUT2D eigenvalue weighted by molar-refractivity contribution is -0.142. The van der Waals surface area contributed by atoms with Crippen LogP contribution in [0.1, 0.15) is 5.56 Å². The van der Waals surface area contributed by atoms with E-state index in [0.717, 1.165) is 26.3 Å². The van der Waals surface area contributed by atoms with Crippen molar-refractivity contribution in [3.8, 4) is 0 Å². The first-order chi connectivity index (χ1) is 15.7. The van der Waals surface area contributed by atoms with Gasteiger partial charge in [0.15, 0.2) is 6.61 Å². The Kier molecular flexibility index (Phi) is 6.94. The van der Waals surface area contributed by atoms with Crippen LogP contribution in [-0.4, -0.2) is 23.5 Å². The molecule has 0 spiro atoms. The van der Waals surface area contributed by atoms with E-state index < -0.39 is 11.9 Å². The molecule has 3 aromatic carbocycles. The second-order valence-corrected chi connectivity index (χ2v) is 7.94. The number of benzene rings is 3. The zero-order valence-electron chi connectivity index (χ0n) is 17.1. The fourth-order valence-corrected chi connectivity index (χ4v) is 3.99. The summed E-state index contributed by atoms with van der Waals surface area (Å²) in [5.74, 6) is -1.00. The van der Waals surface area contributed by atoms with Crippen molar-refractivity contribution >= 4 is 46.3 Å². The number of carbonyl (C=O) groups is 2. The van der Waals surface area contributed by atoms with E-state index in [1.807, 2.05) is 84.9 Å². The molecule has 0 aliphatic rings. The quantitative estimate of drug-likeness (QED) is 0.300. The van der Waals surface area contributed by atoms with E-state index in [4.69, 9.17) is 4.74 Å². The minimum absolute atomic E-state index is 0.374. The Morgan fingerprint density at radius 2 is 1.69 bits per heavy atom. The molecule has 0 radical (unpaired) electrons. The summed E-state index contributed by atoms with van der Waals surface area (Å²) in [5, 5.41) is 3.79. The number of ether oxygens (including phenoxy) is 1. The van der Waals surface area contributed by atoms with Crippen LogP contribution in [0.25, 0.3) is 17.0 Å². The number of aromatic nitrogens is 1. The van der Waals surface area contributed by atoms with Gasteiger partial charge in [0, 0.05) is 33.0 Å². The highest BCUT2D eigenvalue weighted by Gasteiger charge is 2.10. The van der Waals surface area contributed by atoms with Gasteiger partial charge in [-0.25, -0.2) is 4.79 Å². The van der Waals surface area contributed by atoms with Crippen molar-refractivity contribution in [2.75, 3.05) is 11.9 Å². The van der Waals surface area contributed by atoms with E-state index in [0.29, 0.717) is 5.69 Å². The monoisotopic (exact) mass is 440 g/mol.